The molecule has 2 heteroatoms. The normalized spacial score (nSPS) is 19.3. The predicted octanol–water partition coefficient (Wildman–Crippen LogP) is 13.8. The summed E-state index contributed by atoms with van der Waals surface area (Å²) < 4.78 is 0. The third kappa shape index (κ3) is 5.12. The minimum absolute atomic E-state index is 0.0826. The van der Waals surface area contributed by atoms with Crippen molar-refractivity contribution in [3.63, 3.8) is 0 Å². The van der Waals surface area contributed by atoms with E-state index in [0.29, 0.717) is 11.8 Å². The molecule has 1 heterocycles. The Hall–Kier alpha value is -4.56. The molecule has 6 aromatic rings. The molecule has 4 aliphatic rings. The number of benzene rings is 5. The Bertz CT molecular complexity index is 2380. The van der Waals surface area contributed by atoms with Gasteiger partial charge in [0.2, 0.25) is 0 Å². The summed E-state index contributed by atoms with van der Waals surface area (Å²) in [6, 6.07) is 32.7. The van der Waals surface area contributed by atoms with Crippen LogP contribution < -0.4 is 0 Å². The second-order valence-electron chi connectivity index (χ2n) is 16.5. The summed E-state index contributed by atoms with van der Waals surface area (Å²) in [5, 5.41) is 7.85. The van der Waals surface area contributed by atoms with E-state index in [1.165, 1.54) is 136 Å². The van der Waals surface area contributed by atoms with E-state index in [1.54, 1.807) is 5.57 Å². The second-order valence-corrected chi connectivity index (χ2v) is 16.5. The van der Waals surface area contributed by atoms with Gasteiger partial charge in [-0.05, 0) is 117 Å². The van der Waals surface area contributed by atoms with Crippen LogP contribution in [0.1, 0.15) is 125 Å². The van der Waals surface area contributed by atoms with Crippen LogP contribution in [-0.2, 0) is 5.41 Å². The van der Waals surface area contributed by atoms with Gasteiger partial charge in [0.15, 0.2) is 5.82 Å². The highest BCUT2D eigenvalue weighted by Gasteiger charge is 2.37. The first-order valence-corrected chi connectivity index (χ1v) is 19.9. The maximum absolute atomic E-state index is 5.39. The van der Waals surface area contributed by atoms with Gasteiger partial charge in [-0.25, -0.2) is 9.97 Å². The first-order chi connectivity index (χ1) is 25.0. The lowest BCUT2D eigenvalue weighted by Gasteiger charge is -2.25. The van der Waals surface area contributed by atoms with E-state index in [0.717, 1.165) is 24.2 Å². The lowest BCUT2D eigenvalue weighted by atomic mass is 9.78. The average molecular weight is 665 g/mol. The van der Waals surface area contributed by atoms with Crippen molar-refractivity contribution in [1.29, 1.82) is 0 Å². The molecule has 0 spiro atoms. The van der Waals surface area contributed by atoms with Crippen molar-refractivity contribution in [3.8, 4) is 22.5 Å². The number of fused-ring (bicyclic) bond motifs is 8. The third-order valence-corrected chi connectivity index (χ3v) is 13.2. The first-order valence-electron chi connectivity index (χ1n) is 19.9. The molecular weight excluding hydrogens is 617 g/mol. The van der Waals surface area contributed by atoms with Gasteiger partial charge < -0.3 is 0 Å². The molecule has 0 aliphatic heterocycles. The van der Waals surface area contributed by atoms with E-state index in [1.807, 2.05) is 0 Å². The van der Waals surface area contributed by atoms with Gasteiger partial charge in [0.1, 0.15) is 0 Å². The molecule has 0 radical (unpaired) electrons. The topological polar surface area (TPSA) is 25.8 Å². The van der Waals surface area contributed by atoms with Crippen molar-refractivity contribution in [2.45, 2.75) is 108 Å². The van der Waals surface area contributed by atoms with Crippen molar-refractivity contribution >= 4 is 37.9 Å². The molecule has 10 rings (SSSR count). The van der Waals surface area contributed by atoms with E-state index in [4.69, 9.17) is 9.97 Å². The molecule has 0 N–H and O–H groups in total. The Kier molecular flexibility index (Phi) is 7.52. The van der Waals surface area contributed by atoms with Gasteiger partial charge in [-0.3, -0.25) is 0 Å². The largest absolute Gasteiger partial charge is 0.233 e. The maximum Gasteiger partial charge on any atom is 0.159 e. The van der Waals surface area contributed by atoms with E-state index >= 15 is 0 Å². The fourth-order valence-electron chi connectivity index (χ4n) is 10.4. The highest BCUT2D eigenvalue weighted by molar-refractivity contribution is 6.28. The summed E-state index contributed by atoms with van der Waals surface area (Å²) in [5.41, 5.74) is 12.3. The van der Waals surface area contributed by atoms with Crippen LogP contribution in [0.25, 0.3) is 60.4 Å². The Labute approximate surface area is 302 Å². The molecule has 1 aromatic heterocycles. The Balaban J connectivity index is 1.17. The zero-order chi connectivity index (χ0) is 34.1. The SMILES string of the molecule is CC1(C)C2=C(C=CCC2)c2cc(-c3cccc4c5ccccc5c5cc(-c6nc(C7CCCCC7)cc(C7CCCCC7)n6)ccc5c34)ccc21. The molecular formula is C49H48N2. The summed E-state index contributed by atoms with van der Waals surface area (Å²) in [7, 11) is 0. The highest BCUT2D eigenvalue weighted by Crippen LogP contribution is 2.51. The Morgan fingerprint density at radius 3 is 1.94 bits per heavy atom. The van der Waals surface area contributed by atoms with Gasteiger partial charge in [0.25, 0.3) is 0 Å². The Morgan fingerprint density at radius 1 is 0.569 bits per heavy atom. The van der Waals surface area contributed by atoms with Crippen molar-refractivity contribution in [1.82, 2.24) is 9.97 Å². The molecule has 5 aromatic carbocycles. The van der Waals surface area contributed by atoms with Gasteiger partial charge >= 0.3 is 0 Å². The van der Waals surface area contributed by atoms with Gasteiger partial charge in [0.05, 0.1) is 0 Å². The van der Waals surface area contributed by atoms with Crippen molar-refractivity contribution < 1.29 is 0 Å². The van der Waals surface area contributed by atoms with Crippen molar-refractivity contribution in [3.05, 3.63) is 125 Å². The zero-order valence-corrected chi connectivity index (χ0v) is 30.3. The molecule has 2 saturated carbocycles. The average Bonchev–Trinajstić information content (AvgIpc) is 3.43. The van der Waals surface area contributed by atoms with Gasteiger partial charge in [-0.15, -0.1) is 0 Å². The fraction of sp³-hybridized carbons (Fsp3) is 0.347. The molecule has 4 aliphatic carbocycles. The monoisotopic (exact) mass is 664 g/mol. The number of rotatable bonds is 4. The minimum atomic E-state index is 0.0826. The molecule has 0 saturated heterocycles. The summed E-state index contributed by atoms with van der Waals surface area (Å²) in [4.78, 5) is 10.8. The first kappa shape index (κ1) is 31.2. The van der Waals surface area contributed by atoms with Crippen molar-refractivity contribution in [2.75, 3.05) is 0 Å². The lowest BCUT2D eigenvalue weighted by molar-refractivity contribution is 0.425. The van der Waals surface area contributed by atoms with Gasteiger partial charge in [0, 0.05) is 34.2 Å². The highest BCUT2D eigenvalue weighted by atomic mass is 14.9. The summed E-state index contributed by atoms with van der Waals surface area (Å²) in [6.07, 6.45) is 20.1. The summed E-state index contributed by atoms with van der Waals surface area (Å²) in [6.45, 7) is 4.82. The van der Waals surface area contributed by atoms with Crippen LogP contribution >= 0.6 is 0 Å². The minimum Gasteiger partial charge on any atom is -0.233 e. The quantitative estimate of drug-likeness (QED) is 0.175. The molecule has 2 fully saturated rings. The maximum atomic E-state index is 5.39. The van der Waals surface area contributed by atoms with E-state index < -0.39 is 0 Å². The summed E-state index contributed by atoms with van der Waals surface area (Å²) in [5.74, 6) is 2.04. The molecule has 0 atom stereocenters. The molecule has 254 valence electrons. The molecule has 0 unspecified atom stereocenters. The fourth-order valence-corrected chi connectivity index (χ4v) is 10.4. The van der Waals surface area contributed by atoms with Gasteiger partial charge in [-0.1, -0.05) is 137 Å². The lowest BCUT2D eigenvalue weighted by Crippen LogP contribution is -2.17. The number of aromatic nitrogens is 2. The van der Waals surface area contributed by atoms with Crippen LogP contribution in [0.5, 0.6) is 0 Å². The van der Waals surface area contributed by atoms with Crippen LogP contribution in [0, 0.1) is 0 Å². The molecule has 0 amide bonds. The zero-order valence-electron chi connectivity index (χ0n) is 30.3. The van der Waals surface area contributed by atoms with E-state index in [2.05, 4.69) is 111 Å². The number of nitrogens with zero attached hydrogens (tertiary/aromatic N) is 2. The molecule has 0 bridgehead atoms. The third-order valence-electron chi connectivity index (χ3n) is 13.2. The van der Waals surface area contributed by atoms with Crippen LogP contribution in [0.3, 0.4) is 0 Å². The van der Waals surface area contributed by atoms with Crippen LogP contribution in [0.2, 0.25) is 0 Å². The van der Waals surface area contributed by atoms with Crippen LogP contribution in [-0.4, -0.2) is 9.97 Å². The smallest absolute Gasteiger partial charge is 0.159 e. The molecule has 51 heavy (non-hydrogen) atoms. The standard InChI is InChI=1S/C49H48N2/c1-49(2)43-23-12-11-20-38(43)42-28-33(25-27-44(42)49)35-21-13-22-39-36-18-9-10-19-37(36)41-29-34(24-26-40(41)47(35)39)48-50-45(31-14-5-3-6-15-31)30-46(51-48)32-16-7-4-8-17-32/h9-11,13,18-22,24-32H,3-8,12,14-17,23H2,1-2H3. The number of hydrogen-bond acceptors (Lipinski definition) is 2. The Morgan fingerprint density at radius 2 is 1.22 bits per heavy atom. The predicted molar refractivity (Wildman–Crippen MR) is 215 cm³/mol. The molecule has 2 nitrogen and oxygen atoms in total. The van der Waals surface area contributed by atoms with Crippen LogP contribution in [0.15, 0.2) is 103 Å². The van der Waals surface area contributed by atoms with E-state index in [-0.39, 0.29) is 5.41 Å². The van der Waals surface area contributed by atoms with Crippen LogP contribution in [0.4, 0.5) is 0 Å². The number of allylic oxidation sites excluding steroid dienone is 4. The summed E-state index contributed by atoms with van der Waals surface area (Å²) >= 11 is 0. The second kappa shape index (κ2) is 12.3. The van der Waals surface area contributed by atoms with Crippen molar-refractivity contribution in [2.24, 2.45) is 0 Å². The van der Waals surface area contributed by atoms with E-state index in [9.17, 15) is 0 Å². The number of hydrogen-bond donors (Lipinski definition) is 0. The van der Waals surface area contributed by atoms with Gasteiger partial charge in [-0.2, -0.15) is 0 Å².